The zero-order chi connectivity index (χ0) is 65.0. The van der Waals surface area contributed by atoms with Crippen LogP contribution < -0.4 is 28.4 Å². The Balaban J connectivity index is 1.24. The van der Waals surface area contributed by atoms with Crippen LogP contribution in [0.2, 0.25) is 0 Å². The van der Waals surface area contributed by atoms with Gasteiger partial charge in [-0.1, -0.05) is 6.07 Å². The van der Waals surface area contributed by atoms with Crippen molar-refractivity contribution in [1.29, 1.82) is 0 Å². The lowest BCUT2D eigenvalue weighted by molar-refractivity contribution is -0.412. The first-order valence-electron chi connectivity index (χ1n) is 27.1. The van der Waals surface area contributed by atoms with E-state index >= 15 is 0 Å². The van der Waals surface area contributed by atoms with Gasteiger partial charge in [-0.05, 0) is 71.3 Å². The number of aliphatic hydroxyl groups excluding tert-OH is 11. The average molecular weight is 1270 g/mol. The summed E-state index contributed by atoms with van der Waals surface area (Å²) < 4.78 is 90.1. The van der Waals surface area contributed by atoms with Gasteiger partial charge in [0.25, 0.3) is 0 Å². The molecule has 3 aromatic carbocycles. The summed E-state index contributed by atoms with van der Waals surface area (Å²) in [6.07, 6.45) is -30.2. The Morgan fingerprint density at radius 1 is 0.483 bits per heavy atom. The quantitative estimate of drug-likeness (QED) is 0.0211. The molecule has 32 heteroatoms. The van der Waals surface area contributed by atoms with Crippen LogP contribution in [0.4, 0.5) is 0 Å². The predicted molar refractivity (Wildman–Crippen MR) is 295 cm³/mol. The van der Waals surface area contributed by atoms with E-state index in [1.807, 2.05) is 0 Å². The average Bonchev–Trinajstić information content (AvgIpc) is 1.76. The van der Waals surface area contributed by atoms with Crippen LogP contribution in [0.25, 0.3) is 18.2 Å². The molecule has 0 saturated carbocycles. The third-order valence-corrected chi connectivity index (χ3v) is 14.6. The fourth-order valence-electron chi connectivity index (χ4n) is 9.88. The highest BCUT2D eigenvalue weighted by atomic mass is 16.8. The molecule has 4 aliphatic heterocycles. The van der Waals surface area contributed by atoms with E-state index in [2.05, 4.69) is 0 Å². The molecule has 0 spiro atoms. The number of hydrogen-bond donors (Lipinski definition) is 13. The predicted octanol–water partition coefficient (Wildman–Crippen LogP) is -3.49. The van der Waals surface area contributed by atoms with E-state index in [1.54, 1.807) is 0 Å². The van der Waals surface area contributed by atoms with Crippen molar-refractivity contribution in [2.24, 2.45) is 0 Å². The van der Waals surface area contributed by atoms with E-state index in [9.17, 15) is 80.8 Å². The highest BCUT2D eigenvalue weighted by molar-refractivity contribution is 5.89. The smallest absolute Gasteiger partial charge is 0.331 e. The number of carbonyl (C=O) groups excluding carboxylic acids is 3. The molecule has 0 aromatic heterocycles. The molecule has 0 bridgehead atoms. The molecule has 7 rings (SSSR count). The van der Waals surface area contributed by atoms with Crippen LogP contribution in [0.15, 0.2) is 60.7 Å². The first kappa shape index (κ1) is 69.4. The number of esters is 3. The number of phenols is 2. The second-order valence-electron chi connectivity index (χ2n) is 20.1. The second-order valence-corrected chi connectivity index (χ2v) is 20.1. The van der Waals surface area contributed by atoms with E-state index in [1.165, 1.54) is 103 Å². The number of phenolic OH excluding ortho intramolecular Hbond substituents is 2. The standard InChI is InChI=1S/C57H72O32/c1-74-29-15-25(7-11-28(29)62)8-13-39(64)84-51-36(22-60)88-57(24-61,53(51)85-40(65)14-10-27-18-32(77-4)49(79-6)33(19-27)78-5)89-56-52(45(70)43(68)37(83-56)23-80-38(63)12-9-26-16-30(75-2)41(66)31(17-26)76-3)87-55-48(73)46(71)50(35(21-59)82-55)86-54-47(72)44(69)42(67)34(20-58)81-54/h7-19,34-37,42-48,50-56,58-62,66-73H,20-24H2,1-6H3/b12-9-,13-8-,14-10+/t34-,35-,36-,37-,42-,43-,44+,45+,46-,47-,48-,50-,51-,52-,53+,54+,55+,56-,57+/m1/s1. The summed E-state index contributed by atoms with van der Waals surface area (Å²) in [5, 5.41) is 141. The number of rotatable bonds is 26. The first-order valence-corrected chi connectivity index (χ1v) is 27.1. The number of methoxy groups -OCH3 is 6. The van der Waals surface area contributed by atoms with Crippen molar-refractivity contribution in [3.05, 3.63) is 77.4 Å². The van der Waals surface area contributed by atoms with Crippen molar-refractivity contribution >= 4 is 36.1 Å². The van der Waals surface area contributed by atoms with Gasteiger partial charge in [0, 0.05) is 18.2 Å². The number of aliphatic hydroxyl groups is 11. The number of carbonyl (C=O) groups is 3. The largest absolute Gasteiger partial charge is 0.504 e. The molecule has 0 radical (unpaired) electrons. The van der Waals surface area contributed by atoms with Gasteiger partial charge in [-0.2, -0.15) is 0 Å². The lowest BCUT2D eigenvalue weighted by atomic mass is 9.96. The molecule has 4 aliphatic rings. The number of ether oxygens (including phenoxy) is 16. The molecular weight excluding hydrogens is 1200 g/mol. The maximum Gasteiger partial charge on any atom is 0.331 e. The number of benzene rings is 3. The summed E-state index contributed by atoms with van der Waals surface area (Å²) in [4.78, 5) is 41.2. The Morgan fingerprint density at radius 3 is 1.51 bits per heavy atom. The van der Waals surface area contributed by atoms with Crippen molar-refractivity contribution < 1.29 is 157 Å². The van der Waals surface area contributed by atoms with Crippen LogP contribution >= 0.6 is 0 Å². The highest BCUT2D eigenvalue weighted by Crippen LogP contribution is 2.43. The molecule has 492 valence electrons. The molecule has 32 nitrogen and oxygen atoms in total. The zero-order valence-electron chi connectivity index (χ0n) is 48.5. The van der Waals surface area contributed by atoms with Crippen LogP contribution in [0.1, 0.15) is 16.7 Å². The molecule has 0 amide bonds. The topological polar surface area (TPSA) is 462 Å². The van der Waals surface area contributed by atoms with Gasteiger partial charge in [-0.15, -0.1) is 0 Å². The monoisotopic (exact) mass is 1270 g/mol. The Labute approximate surface area is 506 Å². The minimum absolute atomic E-state index is 0.0173. The van der Waals surface area contributed by atoms with Gasteiger partial charge in [0.05, 0.1) is 62.5 Å². The molecule has 4 saturated heterocycles. The Bertz CT molecular complexity index is 2900. The van der Waals surface area contributed by atoms with E-state index in [0.717, 1.165) is 18.2 Å². The summed E-state index contributed by atoms with van der Waals surface area (Å²) in [7, 11) is 7.90. The Hall–Kier alpha value is -7.03. The van der Waals surface area contributed by atoms with Gasteiger partial charge in [-0.25, -0.2) is 14.4 Å². The fraction of sp³-hybridized carbons (Fsp3) is 0.526. The SMILES string of the molecule is COc1cc(/C=C\C(=O)O[C@@H]2[C@@H](CO)O[C@@](CO)(O[C@H]3O[C@H](COC(=O)/C=C\c4cc(OC)c(O)c(OC)c4)[C@@H](O)[C@H](O)[C@H]3O[C@@H]3O[C@H](CO)[C@@H](O[C@@H]4O[C@H](CO)[C@@H](O)[C@H](O)[C@H]4O)[C@H](O)[C@H]3O)[C@H]2OC(=O)/C=C/c2cc(OC)c(OC)c(OC)c2)ccc1O. The van der Waals surface area contributed by atoms with Crippen LogP contribution in [-0.4, -0.2) is 276 Å². The summed E-state index contributed by atoms with van der Waals surface area (Å²) in [5.41, 5.74) is 0.856. The molecule has 4 heterocycles. The van der Waals surface area contributed by atoms with Crippen molar-refractivity contribution in [1.82, 2.24) is 0 Å². The van der Waals surface area contributed by atoms with Crippen molar-refractivity contribution in [3.8, 4) is 46.0 Å². The molecule has 0 unspecified atom stereocenters. The summed E-state index contributed by atoms with van der Waals surface area (Å²) in [6.45, 7) is -5.39. The summed E-state index contributed by atoms with van der Waals surface area (Å²) >= 11 is 0. The van der Waals surface area contributed by atoms with Crippen LogP contribution in [0, 0.1) is 0 Å². The lowest BCUT2D eigenvalue weighted by Gasteiger charge is -2.49. The maximum atomic E-state index is 14.1. The van der Waals surface area contributed by atoms with E-state index in [4.69, 9.17) is 75.8 Å². The van der Waals surface area contributed by atoms with Crippen molar-refractivity contribution in [3.63, 3.8) is 0 Å². The molecular formula is C57H72O32. The van der Waals surface area contributed by atoms with Gasteiger partial charge in [0.2, 0.25) is 17.3 Å². The van der Waals surface area contributed by atoms with Gasteiger partial charge >= 0.3 is 17.9 Å². The maximum absolute atomic E-state index is 14.1. The Kier molecular flexibility index (Phi) is 24.3. The molecule has 0 aliphatic carbocycles. The second kappa shape index (κ2) is 31.1. The first-order chi connectivity index (χ1) is 42.6. The van der Waals surface area contributed by atoms with Gasteiger partial charge < -0.3 is 142 Å². The molecule has 13 N–H and O–H groups in total. The minimum Gasteiger partial charge on any atom is -0.504 e. The van der Waals surface area contributed by atoms with Gasteiger partial charge in [-0.3, -0.25) is 0 Å². The fourth-order valence-corrected chi connectivity index (χ4v) is 9.88. The zero-order valence-corrected chi connectivity index (χ0v) is 48.5. The Morgan fingerprint density at radius 2 is 0.955 bits per heavy atom. The molecule has 19 atom stereocenters. The molecule has 3 aromatic rings. The van der Waals surface area contributed by atoms with Crippen LogP contribution in [-0.2, 0) is 61.8 Å². The normalized spacial score (nSPS) is 32.2. The van der Waals surface area contributed by atoms with E-state index in [-0.39, 0.29) is 57.1 Å². The third-order valence-electron chi connectivity index (χ3n) is 14.6. The van der Waals surface area contributed by atoms with Crippen LogP contribution in [0.3, 0.4) is 0 Å². The highest BCUT2D eigenvalue weighted by Gasteiger charge is 2.63. The van der Waals surface area contributed by atoms with Crippen molar-refractivity contribution in [2.75, 3.05) is 75.7 Å². The summed E-state index contributed by atoms with van der Waals surface area (Å²) in [6, 6.07) is 9.69. The molecule has 89 heavy (non-hydrogen) atoms. The van der Waals surface area contributed by atoms with E-state index in [0.29, 0.717) is 5.56 Å². The summed E-state index contributed by atoms with van der Waals surface area (Å²) in [5.74, 6) is -6.45. The van der Waals surface area contributed by atoms with Gasteiger partial charge in [0.1, 0.15) is 92.6 Å². The minimum atomic E-state index is -2.92. The van der Waals surface area contributed by atoms with Gasteiger partial charge in [0.15, 0.2) is 65.6 Å². The number of hydrogen-bond acceptors (Lipinski definition) is 32. The molecule has 4 fully saturated rings. The third kappa shape index (κ3) is 15.8. The van der Waals surface area contributed by atoms with Crippen LogP contribution in [0.5, 0.6) is 46.0 Å². The number of aromatic hydroxyl groups is 2. The van der Waals surface area contributed by atoms with E-state index < -0.39 is 167 Å². The lowest BCUT2D eigenvalue weighted by Crippen LogP contribution is -2.67. The van der Waals surface area contributed by atoms with Crippen molar-refractivity contribution in [2.45, 2.75) is 116 Å².